The summed E-state index contributed by atoms with van der Waals surface area (Å²) in [7, 11) is 1.94. The molecule has 0 saturated heterocycles. The van der Waals surface area contributed by atoms with Crippen LogP contribution in [-0.2, 0) is 33.2 Å². The topological polar surface area (TPSA) is 67.3 Å². The van der Waals surface area contributed by atoms with Gasteiger partial charge in [-0.05, 0) is 25.1 Å². The van der Waals surface area contributed by atoms with E-state index in [4.69, 9.17) is 16.0 Å². The van der Waals surface area contributed by atoms with E-state index in [9.17, 15) is 5.11 Å². The summed E-state index contributed by atoms with van der Waals surface area (Å²) in [6.45, 7) is 4.30. The molecule has 6 nitrogen and oxygen atoms in total. The molecule has 3 aromatic rings. The molecule has 1 aromatic carbocycles. The van der Waals surface area contributed by atoms with E-state index in [-0.39, 0.29) is 6.61 Å². The number of hydrogen-bond acceptors (Lipinski definition) is 5. The first-order valence-electron chi connectivity index (χ1n) is 8.64. The van der Waals surface area contributed by atoms with Crippen molar-refractivity contribution in [1.82, 2.24) is 19.7 Å². The Labute approximate surface area is 157 Å². The molecule has 26 heavy (non-hydrogen) atoms. The zero-order valence-corrected chi connectivity index (χ0v) is 15.6. The molecule has 0 aliphatic carbocycles. The van der Waals surface area contributed by atoms with Gasteiger partial charge in [-0.1, -0.05) is 17.7 Å². The molecule has 3 heterocycles. The Bertz CT molecular complexity index is 947. The molecule has 0 amide bonds. The van der Waals surface area contributed by atoms with Crippen LogP contribution in [0.1, 0.15) is 28.4 Å². The van der Waals surface area contributed by atoms with E-state index in [1.807, 2.05) is 42.9 Å². The fourth-order valence-electron chi connectivity index (χ4n) is 3.52. The lowest BCUT2D eigenvalue weighted by atomic mass is 10.0. The van der Waals surface area contributed by atoms with Crippen molar-refractivity contribution in [1.29, 1.82) is 0 Å². The monoisotopic (exact) mass is 372 g/mol. The van der Waals surface area contributed by atoms with Crippen molar-refractivity contribution in [2.45, 2.75) is 33.0 Å². The first kappa shape index (κ1) is 17.3. The van der Waals surface area contributed by atoms with Crippen molar-refractivity contribution in [3.8, 4) is 11.5 Å². The Hall–Kier alpha value is -2.15. The van der Waals surface area contributed by atoms with E-state index in [1.54, 1.807) is 0 Å². The number of rotatable bonds is 4. The minimum Gasteiger partial charge on any atom is -0.441 e. The summed E-state index contributed by atoms with van der Waals surface area (Å²) in [4.78, 5) is 7.00. The summed E-state index contributed by atoms with van der Waals surface area (Å²) in [5.41, 5.74) is 4.92. The fourth-order valence-corrected chi connectivity index (χ4v) is 3.71. The van der Waals surface area contributed by atoms with Crippen LogP contribution in [0.3, 0.4) is 0 Å². The molecular weight excluding hydrogens is 352 g/mol. The van der Waals surface area contributed by atoms with E-state index < -0.39 is 0 Å². The molecule has 1 aliphatic heterocycles. The molecule has 0 spiro atoms. The van der Waals surface area contributed by atoms with E-state index in [2.05, 4.69) is 15.0 Å². The molecule has 0 fully saturated rings. The minimum absolute atomic E-state index is 0.0289. The van der Waals surface area contributed by atoms with Crippen LogP contribution in [0.5, 0.6) is 0 Å². The van der Waals surface area contributed by atoms with Crippen LogP contribution in [0.25, 0.3) is 11.5 Å². The molecule has 0 radical (unpaired) electrons. The molecule has 136 valence electrons. The molecule has 7 heteroatoms. The van der Waals surface area contributed by atoms with Gasteiger partial charge < -0.3 is 9.52 Å². The van der Waals surface area contributed by atoms with Crippen LogP contribution < -0.4 is 0 Å². The zero-order chi connectivity index (χ0) is 18.3. The maximum atomic E-state index is 9.55. The van der Waals surface area contributed by atoms with Gasteiger partial charge in [-0.2, -0.15) is 5.10 Å². The van der Waals surface area contributed by atoms with E-state index in [1.165, 1.54) is 5.69 Å². The number of aromatic nitrogens is 3. The first-order chi connectivity index (χ1) is 12.5. The Kier molecular flexibility index (Phi) is 4.56. The molecule has 1 aliphatic rings. The quantitative estimate of drug-likeness (QED) is 0.762. The number of hydrogen-bond donors (Lipinski definition) is 1. The second-order valence-corrected chi connectivity index (χ2v) is 7.08. The molecule has 0 bridgehead atoms. The van der Waals surface area contributed by atoms with E-state index in [0.29, 0.717) is 17.5 Å². The Morgan fingerprint density at radius 2 is 2.15 bits per heavy atom. The van der Waals surface area contributed by atoms with Crippen LogP contribution in [0.4, 0.5) is 0 Å². The number of nitrogens with zero attached hydrogens (tertiary/aromatic N) is 4. The van der Waals surface area contributed by atoms with Crippen molar-refractivity contribution in [3.05, 3.63) is 57.7 Å². The van der Waals surface area contributed by atoms with Crippen molar-refractivity contribution >= 4 is 11.6 Å². The van der Waals surface area contributed by atoms with Crippen molar-refractivity contribution < 1.29 is 9.52 Å². The fraction of sp³-hybridized carbons (Fsp3) is 0.368. The molecule has 2 aromatic heterocycles. The highest BCUT2D eigenvalue weighted by Gasteiger charge is 2.25. The van der Waals surface area contributed by atoms with Gasteiger partial charge in [-0.25, -0.2) is 4.98 Å². The lowest BCUT2D eigenvalue weighted by molar-refractivity contribution is 0.233. The summed E-state index contributed by atoms with van der Waals surface area (Å²) in [6, 6.07) is 7.52. The molecule has 0 atom stereocenters. The van der Waals surface area contributed by atoms with E-state index in [0.717, 1.165) is 47.8 Å². The van der Waals surface area contributed by atoms with Gasteiger partial charge in [-0.15, -0.1) is 0 Å². The lowest BCUT2D eigenvalue weighted by Gasteiger charge is -2.26. The number of benzene rings is 1. The second-order valence-electron chi connectivity index (χ2n) is 6.65. The van der Waals surface area contributed by atoms with Crippen LogP contribution in [-0.4, -0.2) is 31.3 Å². The van der Waals surface area contributed by atoms with Crippen LogP contribution in [0.2, 0.25) is 5.02 Å². The third-order valence-electron chi connectivity index (χ3n) is 4.89. The second kappa shape index (κ2) is 6.87. The molecule has 0 saturated carbocycles. The lowest BCUT2D eigenvalue weighted by Crippen LogP contribution is -2.31. The first-order valence-corrected chi connectivity index (χ1v) is 9.02. The Balaban J connectivity index is 1.55. The smallest absolute Gasteiger partial charge is 0.226 e. The zero-order valence-electron chi connectivity index (χ0n) is 14.9. The summed E-state index contributed by atoms with van der Waals surface area (Å²) < 4.78 is 7.75. The summed E-state index contributed by atoms with van der Waals surface area (Å²) in [5, 5.41) is 14.6. The maximum Gasteiger partial charge on any atom is 0.226 e. The molecule has 4 rings (SSSR count). The Morgan fingerprint density at radius 1 is 1.31 bits per heavy atom. The third kappa shape index (κ3) is 3.16. The van der Waals surface area contributed by atoms with Gasteiger partial charge in [-0.3, -0.25) is 9.58 Å². The van der Waals surface area contributed by atoms with Crippen molar-refractivity contribution in [2.24, 2.45) is 7.05 Å². The van der Waals surface area contributed by atoms with Gasteiger partial charge in [0.15, 0.2) is 0 Å². The van der Waals surface area contributed by atoms with Crippen LogP contribution >= 0.6 is 11.6 Å². The average molecular weight is 373 g/mol. The number of aliphatic hydroxyl groups is 1. The molecule has 1 N–H and O–H groups in total. The number of fused-ring (bicyclic) bond motifs is 1. The summed E-state index contributed by atoms with van der Waals surface area (Å²) >= 11 is 6.07. The van der Waals surface area contributed by atoms with Gasteiger partial charge in [0.2, 0.25) is 5.89 Å². The number of oxazole rings is 1. The third-order valence-corrected chi connectivity index (χ3v) is 5.13. The van der Waals surface area contributed by atoms with Crippen LogP contribution in [0.15, 0.2) is 28.7 Å². The van der Waals surface area contributed by atoms with E-state index >= 15 is 0 Å². The summed E-state index contributed by atoms with van der Waals surface area (Å²) in [5.74, 6) is 1.41. The number of aryl methyl sites for hydroxylation is 2. The largest absolute Gasteiger partial charge is 0.441 e. The van der Waals surface area contributed by atoms with Crippen LogP contribution in [0, 0.1) is 6.92 Å². The van der Waals surface area contributed by atoms with Crippen molar-refractivity contribution in [2.75, 3.05) is 6.54 Å². The van der Waals surface area contributed by atoms with Gasteiger partial charge in [0.25, 0.3) is 0 Å². The number of aliphatic hydroxyl groups excluding tert-OH is 1. The average Bonchev–Trinajstić information content (AvgIpc) is 3.15. The minimum atomic E-state index is -0.0289. The Morgan fingerprint density at radius 3 is 2.92 bits per heavy atom. The standard InChI is InChI=1S/C19H21ClN4O2/c1-12-16(21-19(26-12)13-4-3-5-14(20)8-13)10-24-7-6-18-15(9-24)17(11-25)22-23(18)2/h3-5,8,25H,6-7,9-11H2,1-2H3. The highest BCUT2D eigenvalue weighted by Crippen LogP contribution is 2.27. The van der Waals surface area contributed by atoms with Gasteiger partial charge in [0, 0.05) is 54.9 Å². The van der Waals surface area contributed by atoms with Gasteiger partial charge in [0.1, 0.15) is 5.76 Å². The van der Waals surface area contributed by atoms with Gasteiger partial charge in [0.05, 0.1) is 18.0 Å². The molecular formula is C19H21ClN4O2. The predicted octanol–water partition coefficient (Wildman–Crippen LogP) is 3.09. The highest BCUT2D eigenvalue weighted by molar-refractivity contribution is 6.30. The van der Waals surface area contributed by atoms with Crippen molar-refractivity contribution in [3.63, 3.8) is 0 Å². The summed E-state index contributed by atoms with van der Waals surface area (Å²) in [6.07, 6.45) is 0.914. The SMILES string of the molecule is Cc1oc(-c2cccc(Cl)c2)nc1CN1CCc2c(c(CO)nn2C)C1. The van der Waals surface area contributed by atoms with Gasteiger partial charge >= 0.3 is 0 Å². The molecule has 0 unspecified atom stereocenters. The predicted molar refractivity (Wildman–Crippen MR) is 98.6 cm³/mol. The normalized spacial score (nSPS) is 14.6. The number of halogens is 1. The maximum absolute atomic E-state index is 9.55. The highest BCUT2D eigenvalue weighted by atomic mass is 35.5.